The first-order chi connectivity index (χ1) is 15.8. The number of thioether (sulfide) groups is 1. The lowest BCUT2D eigenvalue weighted by Gasteiger charge is -2.09. The van der Waals surface area contributed by atoms with Crippen LogP contribution in [-0.2, 0) is 4.79 Å². The number of rotatable bonds is 6. The number of amides is 2. The molecule has 1 heterocycles. The van der Waals surface area contributed by atoms with Crippen molar-refractivity contribution in [2.45, 2.75) is 18.2 Å². The van der Waals surface area contributed by atoms with Gasteiger partial charge in [0.2, 0.25) is 5.91 Å². The molecule has 0 spiro atoms. The van der Waals surface area contributed by atoms with Gasteiger partial charge in [0.05, 0.1) is 26.0 Å². The van der Waals surface area contributed by atoms with Gasteiger partial charge in [0.25, 0.3) is 5.91 Å². The molecule has 4 aromatic rings. The van der Waals surface area contributed by atoms with E-state index in [1.165, 1.54) is 29.2 Å². The molecule has 3 aromatic carbocycles. The highest BCUT2D eigenvalue weighted by Gasteiger charge is 2.12. The Kier molecular flexibility index (Phi) is 7.24. The van der Waals surface area contributed by atoms with Crippen molar-refractivity contribution >= 4 is 79.7 Å². The Labute approximate surface area is 209 Å². The van der Waals surface area contributed by atoms with Gasteiger partial charge in [-0.2, -0.15) is 0 Å². The molecule has 0 saturated heterocycles. The summed E-state index contributed by atoms with van der Waals surface area (Å²) in [6.07, 6.45) is 0. The van der Waals surface area contributed by atoms with Gasteiger partial charge in [0, 0.05) is 16.9 Å². The van der Waals surface area contributed by atoms with Crippen LogP contribution in [0.3, 0.4) is 0 Å². The molecule has 0 aliphatic rings. The van der Waals surface area contributed by atoms with Crippen LogP contribution in [0.1, 0.15) is 21.5 Å². The van der Waals surface area contributed by atoms with Crippen molar-refractivity contribution in [2.75, 3.05) is 16.4 Å². The maximum Gasteiger partial charge on any atom is 0.255 e. The lowest BCUT2D eigenvalue weighted by molar-refractivity contribution is -0.113. The smallest absolute Gasteiger partial charge is 0.255 e. The summed E-state index contributed by atoms with van der Waals surface area (Å²) in [5.41, 5.74) is 4.89. The summed E-state index contributed by atoms with van der Waals surface area (Å²) in [6.45, 7) is 4.01. The molecule has 0 bridgehead atoms. The largest absolute Gasteiger partial charge is 0.325 e. The van der Waals surface area contributed by atoms with Gasteiger partial charge >= 0.3 is 0 Å². The molecule has 33 heavy (non-hydrogen) atoms. The SMILES string of the molecule is Cc1cccc(NC(=O)CSc2nc3ccc(NC(=O)c4ccc(Cl)c(Cl)c4)cc3s2)c1C. The Bertz CT molecular complexity index is 1370. The zero-order chi connectivity index (χ0) is 23.5. The second-order valence-corrected chi connectivity index (χ2v) is 10.4. The number of fused-ring (bicyclic) bond motifs is 1. The topological polar surface area (TPSA) is 71.1 Å². The third kappa shape index (κ3) is 5.68. The summed E-state index contributed by atoms with van der Waals surface area (Å²) in [6, 6.07) is 16.1. The van der Waals surface area contributed by atoms with Crippen LogP contribution < -0.4 is 10.6 Å². The minimum Gasteiger partial charge on any atom is -0.325 e. The summed E-state index contributed by atoms with van der Waals surface area (Å²) in [5, 5.41) is 6.54. The quantitative estimate of drug-likeness (QED) is 0.266. The number of nitrogens with one attached hydrogen (secondary N) is 2. The highest BCUT2D eigenvalue weighted by atomic mass is 35.5. The average molecular weight is 516 g/mol. The standard InChI is InChI=1S/C24H19Cl2N3O2S2/c1-13-4-3-5-19(14(13)2)28-22(30)12-32-24-29-20-9-7-16(11-21(20)33-24)27-23(31)15-6-8-17(25)18(26)10-15/h3-11H,12H2,1-2H3,(H,27,31)(H,28,30). The predicted octanol–water partition coefficient (Wildman–Crippen LogP) is 7.20. The maximum absolute atomic E-state index is 12.5. The zero-order valence-electron chi connectivity index (χ0n) is 17.7. The Morgan fingerprint density at radius 3 is 2.61 bits per heavy atom. The first-order valence-corrected chi connectivity index (χ1v) is 12.5. The van der Waals surface area contributed by atoms with E-state index >= 15 is 0 Å². The van der Waals surface area contributed by atoms with Crippen molar-refractivity contribution in [3.63, 3.8) is 0 Å². The Morgan fingerprint density at radius 1 is 1.00 bits per heavy atom. The normalized spacial score (nSPS) is 10.9. The molecule has 168 valence electrons. The number of halogens is 2. The molecule has 0 unspecified atom stereocenters. The molecule has 0 fully saturated rings. The minimum absolute atomic E-state index is 0.0810. The molecular formula is C24H19Cl2N3O2S2. The first-order valence-electron chi connectivity index (χ1n) is 9.96. The fourth-order valence-electron chi connectivity index (χ4n) is 3.08. The van der Waals surface area contributed by atoms with Crippen LogP contribution in [0.15, 0.2) is 58.9 Å². The molecule has 0 saturated carbocycles. The summed E-state index contributed by atoms with van der Waals surface area (Å²) >= 11 is 14.8. The lowest BCUT2D eigenvalue weighted by atomic mass is 10.1. The number of hydrogen-bond donors (Lipinski definition) is 2. The Balaban J connectivity index is 1.40. The Morgan fingerprint density at radius 2 is 1.82 bits per heavy atom. The fourth-order valence-corrected chi connectivity index (χ4v) is 5.29. The van der Waals surface area contributed by atoms with Gasteiger partial charge in [-0.3, -0.25) is 9.59 Å². The minimum atomic E-state index is -0.282. The molecule has 0 radical (unpaired) electrons. The summed E-state index contributed by atoms with van der Waals surface area (Å²) < 4.78 is 1.70. The third-order valence-corrected chi connectivity index (χ3v) is 7.91. The van der Waals surface area contributed by atoms with E-state index in [9.17, 15) is 9.59 Å². The van der Waals surface area contributed by atoms with Gasteiger partial charge in [-0.25, -0.2) is 4.98 Å². The van der Waals surface area contributed by atoms with Gasteiger partial charge in [-0.05, 0) is 67.4 Å². The number of aromatic nitrogens is 1. The van der Waals surface area contributed by atoms with E-state index in [1.807, 2.05) is 44.2 Å². The lowest BCUT2D eigenvalue weighted by Crippen LogP contribution is -2.15. The average Bonchev–Trinajstić information content (AvgIpc) is 3.19. The molecule has 2 amide bonds. The van der Waals surface area contributed by atoms with Crippen molar-refractivity contribution < 1.29 is 9.59 Å². The van der Waals surface area contributed by atoms with Gasteiger partial charge in [-0.1, -0.05) is 47.1 Å². The second kappa shape index (κ2) is 10.1. The molecule has 2 N–H and O–H groups in total. The summed E-state index contributed by atoms with van der Waals surface area (Å²) in [5.74, 6) is -0.105. The van der Waals surface area contributed by atoms with E-state index in [0.29, 0.717) is 21.3 Å². The molecule has 9 heteroatoms. The number of thiazole rings is 1. The van der Waals surface area contributed by atoms with Crippen molar-refractivity contribution in [1.29, 1.82) is 0 Å². The maximum atomic E-state index is 12.5. The van der Waals surface area contributed by atoms with Crippen LogP contribution in [0.2, 0.25) is 10.0 Å². The molecule has 0 aliphatic carbocycles. The van der Waals surface area contributed by atoms with Crippen molar-refractivity contribution in [3.8, 4) is 0 Å². The number of nitrogens with zero attached hydrogens (tertiary/aromatic N) is 1. The molecular weight excluding hydrogens is 497 g/mol. The second-order valence-electron chi connectivity index (χ2n) is 7.33. The fraction of sp³-hybridized carbons (Fsp3) is 0.125. The van der Waals surface area contributed by atoms with E-state index in [1.54, 1.807) is 18.2 Å². The van der Waals surface area contributed by atoms with Crippen molar-refractivity contribution in [3.05, 3.63) is 81.3 Å². The Hall–Kier alpha value is -2.58. The highest BCUT2D eigenvalue weighted by Crippen LogP contribution is 2.32. The van der Waals surface area contributed by atoms with Crippen LogP contribution >= 0.6 is 46.3 Å². The molecule has 1 aromatic heterocycles. The van der Waals surface area contributed by atoms with Crippen LogP contribution in [0.25, 0.3) is 10.2 Å². The van der Waals surface area contributed by atoms with E-state index in [4.69, 9.17) is 23.2 Å². The van der Waals surface area contributed by atoms with Gasteiger partial charge in [0.1, 0.15) is 0 Å². The molecule has 0 atom stereocenters. The van der Waals surface area contributed by atoms with Crippen LogP contribution in [0, 0.1) is 13.8 Å². The van der Waals surface area contributed by atoms with E-state index in [-0.39, 0.29) is 17.6 Å². The number of hydrogen-bond acceptors (Lipinski definition) is 5. The van der Waals surface area contributed by atoms with E-state index in [2.05, 4.69) is 15.6 Å². The molecule has 5 nitrogen and oxygen atoms in total. The monoisotopic (exact) mass is 515 g/mol. The number of carbonyl (C=O) groups excluding carboxylic acids is 2. The van der Waals surface area contributed by atoms with E-state index < -0.39 is 0 Å². The molecule has 0 aliphatic heterocycles. The van der Waals surface area contributed by atoms with Crippen LogP contribution in [-0.4, -0.2) is 22.6 Å². The van der Waals surface area contributed by atoms with Crippen molar-refractivity contribution in [1.82, 2.24) is 4.98 Å². The van der Waals surface area contributed by atoms with Gasteiger partial charge < -0.3 is 10.6 Å². The first kappa shape index (κ1) is 23.6. The number of carbonyl (C=O) groups is 2. The zero-order valence-corrected chi connectivity index (χ0v) is 20.9. The van der Waals surface area contributed by atoms with Crippen LogP contribution in [0.4, 0.5) is 11.4 Å². The number of anilines is 2. The van der Waals surface area contributed by atoms with Gasteiger partial charge in [-0.15, -0.1) is 11.3 Å². The summed E-state index contributed by atoms with van der Waals surface area (Å²) in [7, 11) is 0. The highest BCUT2D eigenvalue weighted by molar-refractivity contribution is 8.01. The predicted molar refractivity (Wildman–Crippen MR) is 139 cm³/mol. The van der Waals surface area contributed by atoms with E-state index in [0.717, 1.165) is 31.4 Å². The summed E-state index contributed by atoms with van der Waals surface area (Å²) in [4.78, 5) is 29.5. The molecule has 4 rings (SSSR count). The number of aryl methyl sites for hydroxylation is 1. The van der Waals surface area contributed by atoms with Gasteiger partial charge in [0.15, 0.2) is 4.34 Å². The van der Waals surface area contributed by atoms with Crippen LogP contribution in [0.5, 0.6) is 0 Å². The van der Waals surface area contributed by atoms with Crippen molar-refractivity contribution in [2.24, 2.45) is 0 Å². The number of benzene rings is 3. The third-order valence-electron chi connectivity index (χ3n) is 5.01.